The molecule has 2 heterocycles. The number of nitro benzene ring substituents is 1. The Morgan fingerprint density at radius 2 is 2.04 bits per heavy atom. The molecule has 1 aromatic rings. The third-order valence-electron chi connectivity index (χ3n) is 3.56. The monoisotopic (exact) mass is 314 g/mol. The largest absolute Gasteiger partial charge is 0.511 e. The van der Waals surface area contributed by atoms with E-state index in [1.165, 1.54) is 30.1 Å². The number of aliphatic hydroxyl groups is 1. The summed E-state index contributed by atoms with van der Waals surface area (Å²) >= 11 is 0. The third kappa shape index (κ3) is 2.27. The Balaban J connectivity index is 2.27. The molecule has 0 atom stereocenters. The van der Waals surface area contributed by atoms with Crippen molar-refractivity contribution in [2.24, 2.45) is 10.2 Å². The summed E-state index contributed by atoms with van der Waals surface area (Å²) in [7, 11) is 1.44. The first kappa shape index (κ1) is 14.6. The van der Waals surface area contributed by atoms with E-state index in [9.17, 15) is 24.8 Å². The highest BCUT2D eigenvalue weighted by Crippen LogP contribution is 2.37. The number of azo groups is 1. The van der Waals surface area contributed by atoms with Crippen LogP contribution in [0.25, 0.3) is 5.70 Å². The van der Waals surface area contributed by atoms with Crippen LogP contribution in [0.15, 0.2) is 51.5 Å². The molecule has 9 nitrogen and oxygen atoms in total. The van der Waals surface area contributed by atoms with E-state index in [1.807, 2.05) is 0 Å². The first-order chi connectivity index (χ1) is 10.9. The zero-order valence-corrected chi connectivity index (χ0v) is 11.9. The Morgan fingerprint density at radius 1 is 1.30 bits per heavy atom. The molecule has 2 aliphatic heterocycles. The number of carbonyl (C=O) groups excluding carboxylic acids is 2. The fraction of sp³-hybridized carbons (Fsp3) is 0.143. The second-order valence-electron chi connectivity index (χ2n) is 4.96. The lowest BCUT2D eigenvalue weighted by molar-refractivity contribution is -0.384. The molecule has 116 valence electrons. The number of nitro groups is 1. The SMILES string of the molecule is CN1C(=O)CC(O)=C2C(=O)N=NC(c3cccc([N+](=O)[O-])c3)=C21. The number of carbonyl (C=O) groups is 2. The zero-order valence-electron chi connectivity index (χ0n) is 11.9. The molecule has 1 aromatic carbocycles. The van der Waals surface area contributed by atoms with E-state index in [4.69, 9.17) is 0 Å². The Labute approximate surface area is 129 Å². The van der Waals surface area contributed by atoms with E-state index in [2.05, 4.69) is 10.2 Å². The van der Waals surface area contributed by atoms with Gasteiger partial charge in [-0.05, 0) is 0 Å². The maximum atomic E-state index is 11.9. The number of hydrogen-bond acceptors (Lipinski definition) is 6. The molecule has 0 unspecified atom stereocenters. The molecule has 0 bridgehead atoms. The van der Waals surface area contributed by atoms with Gasteiger partial charge in [0.1, 0.15) is 17.0 Å². The third-order valence-corrected chi connectivity index (χ3v) is 3.56. The van der Waals surface area contributed by atoms with Gasteiger partial charge in [-0.25, -0.2) is 0 Å². The first-order valence-corrected chi connectivity index (χ1v) is 6.54. The van der Waals surface area contributed by atoms with E-state index in [1.54, 1.807) is 6.07 Å². The lowest BCUT2D eigenvalue weighted by atomic mass is 9.97. The van der Waals surface area contributed by atoms with Crippen LogP contribution in [0.4, 0.5) is 5.69 Å². The highest BCUT2D eigenvalue weighted by molar-refractivity contribution is 6.06. The van der Waals surface area contributed by atoms with Crippen LogP contribution < -0.4 is 0 Å². The highest BCUT2D eigenvalue weighted by atomic mass is 16.6. The Morgan fingerprint density at radius 3 is 2.74 bits per heavy atom. The van der Waals surface area contributed by atoms with Gasteiger partial charge in [0.15, 0.2) is 0 Å². The zero-order chi connectivity index (χ0) is 16.7. The van der Waals surface area contributed by atoms with Crippen LogP contribution in [-0.2, 0) is 9.59 Å². The van der Waals surface area contributed by atoms with Crippen molar-refractivity contribution in [2.45, 2.75) is 6.42 Å². The van der Waals surface area contributed by atoms with Gasteiger partial charge in [0, 0.05) is 24.7 Å². The molecule has 2 aliphatic rings. The number of fused-ring (bicyclic) bond motifs is 1. The molecule has 0 spiro atoms. The van der Waals surface area contributed by atoms with Crippen molar-refractivity contribution in [3.8, 4) is 0 Å². The number of likely N-dealkylation sites (N-methyl/N-ethyl adjacent to an activating group) is 1. The number of rotatable bonds is 2. The van der Waals surface area contributed by atoms with Gasteiger partial charge < -0.3 is 10.0 Å². The topological polar surface area (TPSA) is 125 Å². The minimum Gasteiger partial charge on any atom is -0.511 e. The molecule has 1 N–H and O–H groups in total. The minimum absolute atomic E-state index is 0.0965. The molecular weight excluding hydrogens is 304 g/mol. The second kappa shape index (κ2) is 5.13. The van der Waals surface area contributed by atoms with E-state index in [0.29, 0.717) is 5.56 Å². The molecule has 3 rings (SSSR count). The van der Waals surface area contributed by atoms with E-state index >= 15 is 0 Å². The van der Waals surface area contributed by atoms with Crippen molar-refractivity contribution >= 4 is 23.2 Å². The van der Waals surface area contributed by atoms with E-state index in [0.717, 1.165) is 0 Å². The Hall–Kier alpha value is -3.36. The van der Waals surface area contributed by atoms with Gasteiger partial charge in [-0.1, -0.05) is 12.1 Å². The first-order valence-electron chi connectivity index (χ1n) is 6.54. The van der Waals surface area contributed by atoms with Gasteiger partial charge in [0.05, 0.1) is 17.0 Å². The number of benzene rings is 1. The van der Waals surface area contributed by atoms with Crippen LogP contribution in [0.2, 0.25) is 0 Å². The summed E-state index contributed by atoms with van der Waals surface area (Å²) in [6, 6.07) is 5.58. The number of aliphatic hydroxyl groups excluding tert-OH is 1. The summed E-state index contributed by atoms with van der Waals surface area (Å²) in [4.78, 5) is 35.3. The summed E-state index contributed by atoms with van der Waals surface area (Å²) in [6.07, 6.45) is -0.307. The highest BCUT2D eigenvalue weighted by Gasteiger charge is 2.37. The molecule has 0 radical (unpaired) electrons. The van der Waals surface area contributed by atoms with Gasteiger partial charge in [-0.3, -0.25) is 19.7 Å². The van der Waals surface area contributed by atoms with Crippen molar-refractivity contribution in [2.75, 3.05) is 7.05 Å². The van der Waals surface area contributed by atoms with Crippen molar-refractivity contribution in [1.82, 2.24) is 4.90 Å². The van der Waals surface area contributed by atoms with Crippen molar-refractivity contribution < 1.29 is 19.6 Å². The summed E-state index contributed by atoms with van der Waals surface area (Å²) in [5.41, 5.74) is 0.257. The predicted molar refractivity (Wildman–Crippen MR) is 76.9 cm³/mol. The predicted octanol–water partition coefficient (Wildman–Crippen LogP) is 1.93. The molecule has 0 fully saturated rings. The summed E-state index contributed by atoms with van der Waals surface area (Å²) in [6.45, 7) is 0. The quantitative estimate of drug-likeness (QED) is 0.659. The smallest absolute Gasteiger partial charge is 0.301 e. The number of hydrogen-bond donors (Lipinski definition) is 1. The van der Waals surface area contributed by atoms with Gasteiger partial charge in [0.2, 0.25) is 5.91 Å². The van der Waals surface area contributed by atoms with E-state index < -0.39 is 16.7 Å². The molecule has 23 heavy (non-hydrogen) atoms. The van der Waals surface area contributed by atoms with Gasteiger partial charge >= 0.3 is 5.91 Å². The summed E-state index contributed by atoms with van der Waals surface area (Å²) in [5.74, 6) is -1.56. The van der Waals surface area contributed by atoms with Crippen LogP contribution in [0.3, 0.4) is 0 Å². The van der Waals surface area contributed by atoms with Crippen LogP contribution in [-0.4, -0.2) is 33.8 Å². The molecule has 0 aromatic heterocycles. The van der Waals surface area contributed by atoms with Gasteiger partial charge in [0.25, 0.3) is 5.69 Å². The summed E-state index contributed by atoms with van der Waals surface area (Å²) in [5, 5.41) is 28.1. The van der Waals surface area contributed by atoms with Crippen molar-refractivity contribution in [3.05, 3.63) is 57.0 Å². The maximum absolute atomic E-state index is 11.9. The Bertz CT molecular complexity index is 852. The minimum atomic E-state index is -0.758. The number of amides is 2. The maximum Gasteiger partial charge on any atom is 0.301 e. The van der Waals surface area contributed by atoms with Crippen molar-refractivity contribution in [1.29, 1.82) is 0 Å². The molecule has 2 amide bonds. The lowest BCUT2D eigenvalue weighted by Gasteiger charge is -2.29. The molecule has 0 saturated heterocycles. The number of nitrogens with zero attached hydrogens (tertiary/aromatic N) is 4. The normalized spacial score (nSPS) is 17.7. The van der Waals surface area contributed by atoms with Crippen LogP contribution >= 0.6 is 0 Å². The molecular formula is C14H10N4O5. The van der Waals surface area contributed by atoms with Crippen LogP contribution in [0.5, 0.6) is 0 Å². The fourth-order valence-corrected chi connectivity index (χ4v) is 2.44. The van der Waals surface area contributed by atoms with Gasteiger partial charge in [-0.2, -0.15) is 0 Å². The lowest BCUT2D eigenvalue weighted by Crippen LogP contribution is -2.35. The van der Waals surface area contributed by atoms with Crippen LogP contribution in [0.1, 0.15) is 12.0 Å². The number of non-ortho nitro benzene ring substituents is 1. The average Bonchev–Trinajstić information content (AvgIpc) is 2.52. The fourth-order valence-electron chi connectivity index (χ4n) is 2.44. The second-order valence-corrected chi connectivity index (χ2v) is 4.96. The standard InChI is InChI=1S/C14H10N4O5/c1-17-10(20)6-9(19)11-13(17)12(15-16-14(11)21)7-3-2-4-8(5-7)18(22)23/h2-5,19H,6H2,1H3. The Kier molecular flexibility index (Phi) is 3.25. The molecule has 0 aliphatic carbocycles. The van der Waals surface area contributed by atoms with Crippen LogP contribution in [0, 0.1) is 10.1 Å². The summed E-state index contributed by atoms with van der Waals surface area (Å²) < 4.78 is 0. The molecule has 9 heteroatoms. The average molecular weight is 314 g/mol. The van der Waals surface area contributed by atoms with Gasteiger partial charge in [-0.15, -0.1) is 10.2 Å². The van der Waals surface area contributed by atoms with Crippen molar-refractivity contribution in [3.63, 3.8) is 0 Å². The van der Waals surface area contributed by atoms with E-state index in [-0.39, 0.29) is 34.8 Å². The molecule has 0 saturated carbocycles.